The van der Waals surface area contributed by atoms with Crippen LogP contribution in [0, 0.1) is 5.82 Å². The van der Waals surface area contributed by atoms with Crippen molar-refractivity contribution in [1.82, 2.24) is 5.32 Å². The first kappa shape index (κ1) is 12.3. The fourth-order valence-electron chi connectivity index (χ4n) is 1.94. The molecule has 0 spiro atoms. The predicted molar refractivity (Wildman–Crippen MR) is 66.7 cm³/mol. The minimum absolute atomic E-state index is 0.00658. The highest BCUT2D eigenvalue weighted by molar-refractivity contribution is 5.46. The fraction of sp³-hybridized carbons (Fsp3) is 0.538. The zero-order chi connectivity index (χ0) is 12.3. The summed E-state index contributed by atoms with van der Waals surface area (Å²) in [5.41, 5.74) is 0.573. The molecule has 0 heterocycles. The molecule has 0 aliphatic heterocycles. The van der Waals surface area contributed by atoms with E-state index < -0.39 is 0 Å². The van der Waals surface area contributed by atoms with Gasteiger partial charge in [0.2, 0.25) is 0 Å². The maximum atomic E-state index is 13.5. The molecule has 4 heteroatoms. The second kappa shape index (κ2) is 5.47. The van der Waals surface area contributed by atoms with Crippen molar-refractivity contribution in [1.29, 1.82) is 0 Å². The lowest BCUT2D eigenvalue weighted by Crippen LogP contribution is -2.43. The Kier molecular flexibility index (Phi) is 3.97. The van der Waals surface area contributed by atoms with E-state index in [4.69, 9.17) is 0 Å². The van der Waals surface area contributed by atoms with Crippen LogP contribution >= 0.6 is 0 Å². The molecule has 1 aliphatic rings. The maximum absolute atomic E-state index is 13.5. The van der Waals surface area contributed by atoms with E-state index in [1.165, 1.54) is 18.9 Å². The molecule has 3 nitrogen and oxygen atoms in total. The third-order valence-electron chi connectivity index (χ3n) is 3.03. The van der Waals surface area contributed by atoms with Crippen LogP contribution in [0.3, 0.4) is 0 Å². The Morgan fingerprint density at radius 1 is 1.47 bits per heavy atom. The molecule has 1 atom stereocenters. The number of para-hydroxylation sites is 1. The first-order valence-corrected chi connectivity index (χ1v) is 6.03. The summed E-state index contributed by atoms with van der Waals surface area (Å²) in [6.07, 6.45) is 2.36. The minimum Gasteiger partial charge on any atom is -0.395 e. The molecule has 1 aromatic rings. The van der Waals surface area contributed by atoms with Crippen molar-refractivity contribution in [2.45, 2.75) is 24.9 Å². The van der Waals surface area contributed by atoms with Crippen molar-refractivity contribution in [2.24, 2.45) is 0 Å². The number of hydrogen-bond donors (Lipinski definition) is 2. The molecular weight excluding hydrogens is 219 g/mol. The number of hydrogen-bond acceptors (Lipinski definition) is 3. The van der Waals surface area contributed by atoms with Crippen molar-refractivity contribution in [3.05, 3.63) is 30.1 Å². The standard InChI is InChI=1S/C13H19FN2O/c1-16(13-5-3-2-4-12(13)14)8-11(9-17)15-10-6-7-10/h2-5,10-11,15,17H,6-9H2,1H3. The van der Waals surface area contributed by atoms with E-state index in [1.807, 2.05) is 18.0 Å². The van der Waals surface area contributed by atoms with Crippen molar-refractivity contribution < 1.29 is 9.50 Å². The first-order chi connectivity index (χ1) is 8.20. The van der Waals surface area contributed by atoms with Gasteiger partial charge >= 0.3 is 0 Å². The van der Waals surface area contributed by atoms with E-state index in [0.29, 0.717) is 18.3 Å². The Morgan fingerprint density at radius 3 is 2.76 bits per heavy atom. The number of benzene rings is 1. The number of nitrogens with zero attached hydrogens (tertiary/aromatic N) is 1. The molecule has 1 aromatic carbocycles. The van der Waals surface area contributed by atoms with E-state index >= 15 is 0 Å². The van der Waals surface area contributed by atoms with Crippen molar-refractivity contribution in [2.75, 3.05) is 25.1 Å². The third kappa shape index (κ3) is 3.41. The van der Waals surface area contributed by atoms with Crippen LogP contribution < -0.4 is 10.2 Å². The monoisotopic (exact) mass is 238 g/mol. The Balaban J connectivity index is 1.94. The predicted octanol–water partition coefficient (Wildman–Crippen LogP) is 1.37. The molecular formula is C13H19FN2O. The molecule has 2 N–H and O–H groups in total. The number of anilines is 1. The minimum atomic E-state index is -0.224. The van der Waals surface area contributed by atoms with Gasteiger partial charge in [-0.15, -0.1) is 0 Å². The molecule has 0 radical (unpaired) electrons. The van der Waals surface area contributed by atoms with E-state index in [9.17, 15) is 9.50 Å². The summed E-state index contributed by atoms with van der Waals surface area (Å²) in [4.78, 5) is 1.84. The second-order valence-electron chi connectivity index (χ2n) is 4.65. The molecule has 1 saturated carbocycles. The van der Waals surface area contributed by atoms with Crippen LogP contribution in [0.1, 0.15) is 12.8 Å². The second-order valence-corrected chi connectivity index (χ2v) is 4.65. The van der Waals surface area contributed by atoms with E-state index in [1.54, 1.807) is 12.1 Å². The highest BCUT2D eigenvalue weighted by Gasteiger charge is 2.25. The summed E-state index contributed by atoms with van der Waals surface area (Å²) in [7, 11) is 1.84. The van der Waals surface area contributed by atoms with Crippen molar-refractivity contribution in [3.63, 3.8) is 0 Å². The molecule has 1 aliphatic carbocycles. The highest BCUT2D eigenvalue weighted by atomic mass is 19.1. The molecule has 1 unspecified atom stereocenters. The highest BCUT2D eigenvalue weighted by Crippen LogP contribution is 2.21. The van der Waals surface area contributed by atoms with Gasteiger partial charge in [-0.05, 0) is 25.0 Å². The van der Waals surface area contributed by atoms with Crippen LogP contribution in [-0.2, 0) is 0 Å². The fourth-order valence-corrected chi connectivity index (χ4v) is 1.94. The SMILES string of the molecule is CN(CC(CO)NC1CC1)c1ccccc1F. The number of aliphatic hydroxyl groups excluding tert-OH is 1. The summed E-state index contributed by atoms with van der Waals surface area (Å²) in [5.74, 6) is -0.224. The van der Waals surface area contributed by atoms with Crippen LogP contribution in [-0.4, -0.2) is 37.4 Å². The van der Waals surface area contributed by atoms with E-state index in [2.05, 4.69) is 5.32 Å². The number of likely N-dealkylation sites (N-methyl/N-ethyl adjacent to an activating group) is 1. The van der Waals surface area contributed by atoms with Gasteiger partial charge < -0.3 is 15.3 Å². The average molecular weight is 238 g/mol. The van der Waals surface area contributed by atoms with Crippen molar-refractivity contribution >= 4 is 5.69 Å². The normalized spacial score (nSPS) is 16.9. The van der Waals surface area contributed by atoms with Gasteiger partial charge in [0.15, 0.2) is 0 Å². The molecule has 17 heavy (non-hydrogen) atoms. The summed E-state index contributed by atoms with van der Waals surface area (Å²) in [6, 6.07) is 7.25. The molecule has 0 bridgehead atoms. The Bertz CT molecular complexity index is 368. The Morgan fingerprint density at radius 2 is 2.18 bits per heavy atom. The van der Waals surface area contributed by atoms with Crippen LogP contribution in [0.4, 0.5) is 10.1 Å². The summed E-state index contributed by atoms with van der Waals surface area (Å²) < 4.78 is 13.5. The van der Waals surface area contributed by atoms with Crippen molar-refractivity contribution in [3.8, 4) is 0 Å². The van der Waals surface area contributed by atoms with Crippen LogP contribution in [0.25, 0.3) is 0 Å². The van der Waals surface area contributed by atoms with Gasteiger partial charge in [-0.1, -0.05) is 12.1 Å². The molecule has 94 valence electrons. The number of halogens is 1. The van der Waals surface area contributed by atoms with Gasteiger partial charge in [0.25, 0.3) is 0 Å². The number of aliphatic hydroxyl groups is 1. The summed E-state index contributed by atoms with van der Waals surface area (Å²) >= 11 is 0. The molecule has 1 fully saturated rings. The van der Waals surface area contributed by atoms with Gasteiger partial charge in [-0.25, -0.2) is 4.39 Å². The number of rotatable bonds is 6. The summed E-state index contributed by atoms with van der Waals surface area (Å²) in [6.45, 7) is 0.684. The van der Waals surface area contributed by atoms with Gasteiger partial charge in [0, 0.05) is 25.7 Å². The zero-order valence-electron chi connectivity index (χ0n) is 10.1. The van der Waals surface area contributed by atoms with Crippen LogP contribution in [0.15, 0.2) is 24.3 Å². The lowest BCUT2D eigenvalue weighted by molar-refractivity contribution is 0.243. The van der Waals surface area contributed by atoms with Crippen LogP contribution in [0.2, 0.25) is 0 Å². The summed E-state index contributed by atoms with van der Waals surface area (Å²) in [5, 5.41) is 12.6. The molecule has 2 rings (SSSR count). The first-order valence-electron chi connectivity index (χ1n) is 6.03. The molecule has 0 amide bonds. The van der Waals surface area contributed by atoms with Gasteiger partial charge in [0.1, 0.15) is 5.82 Å². The average Bonchev–Trinajstić information content (AvgIpc) is 3.12. The van der Waals surface area contributed by atoms with Gasteiger partial charge in [0.05, 0.1) is 12.3 Å². The molecule has 0 aromatic heterocycles. The van der Waals surface area contributed by atoms with Gasteiger partial charge in [-0.2, -0.15) is 0 Å². The zero-order valence-corrected chi connectivity index (χ0v) is 10.1. The Labute approximate surface area is 101 Å². The van der Waals surface area contributed by atoms with E-state index in [0.717, 1.165) is 0 Å². The number of nitrogens with one attached hydrogen (secondary N) is 1. The van der Waals surface area contributed by atoms with Crippen LogP contribution in [0.5, 0.6) is 0 Å². The van der Waals surface area contributed by atoms with E-state index in [-0.39, 0.29) is 18.5 Å². The lowest BCUT2D eigenvalue weighted by Gasteiger charge is -2.25. The quantitative estimate of drug-likeness (QED) is 0.786. The van der Waals surface area contributed by atoms with Gasteiger partial charge in [-0.3, -0.25) is 0 Å². The third-order valence-corrected chi connectivity index (χ3v) is 3.03. The largest absolute Gasteiger partial charge is 0.395 e. The molecule has 0 saturated heterocycles. The Hall–Kier alpha value is -1.13. The maximum Gasteiger partial charge on any atom is 0.146 e. The lowest BCUT2D eigenvalue weighted by atomic mass is 10.2. The smallest absolute Gasteiger partial charge is 0.146 e. The topological polar surface area (TPSA) is 35.5 Å².